The van der Waals surface area contributed by atoms with E-state index in [2.05, 4.69) is 4.98 Å². The molecule has 0 radical (unpaired) electrons. The van der Waals surface area contributed by atoms with Crippen LogP contribution in [0.1, 0.15) is 17.2 Å². The van der Waals surface area contributed by atoms with Gasteiger partial charge in [0.1, 0.15) is 0 Å². The van der Waals surface area contributed by atoms with Crippen LogP contribution < -0.4 is 5.56 Å². The van der Waals surface area contributed by atoms with Gasteiger partial charge in [0.05, 0.1) is 35.4 Å². The van der Waals surface area contributed by atoms with Gasteiger partial charge >= 0.3 is 6.18 Å². The van der Waals surface area contributed by atoms with E-state index >= 15 is 0 Å². The van der Waals surface area contributed by atoms with Crippen molar-refractivity contribution in [3.8, 4) is 0 Å². The van der Waals surface area contributed by atoms with E-state index in [0.29, 0.717) is 10.9 Å². The first kappa shape index (κ1) is 16.2. The van der Waals surface area contributed by atoms with E-state index < -0.39 is 17.8 Å². The zero-order valence-electron chi connectivity index (χ0n) is 12.4. The van der Waals surface area contributed by atoms with Crippen LogP contribution in [0, 0.1) is 0 Å². The van der Waals surface area contributed by atoms with E-state index in [-0.39, 0.29) is 17.7 Å². The van der Waals surface area contributed by atoms with Gasteiger partial charge in [-0.2, -0.15) is 13.2 Å². The quantitative estimate of drug-likeness (QED) is 0.800. The smallest absolute Gasteiger partial charge is 0.387 e. The lowest BCUT2D eigenvalue weighted by Gasteiger charge is -2.15. The van der Waals surface area contributed by atoms with Crippen molar-refractivity contribution in [3.05, 3.63) is 76.3 Å². The number of aliphatic hydroxyl groups is 1. The molecule has 0 aliphatic rings. The minimum atomic E-state index is -4.49. The van der Waals surface area contributed by atoms with E-state index in [1.807, 2.05) is 0 Å². The Morgan fingerprint density at radius 3 is 2.62 bits per heavy atom. The zero-order valence-corrected chi connectivity index (χ0v) is 12.4. The molecule has 24 heavy (non-hydrogen) atoms. The molecule has 0 saturated heterocycles. The van der Waals surface area contributed by atoms with Crippen molar-refractivity contribution in [2.45, 2.75) is 18.8 Å². The van der Waals surface area contributed by atoms with Gasteiger partial charge in [0.25, 0.3) is 5.56 Å². The summed E-state index contributed by atoms with van der Waals surface area (Å²) in [6.07, 6.45) is -4.47. The Balaban J connectivity index is 1.92. The molecule has 0 unspecified atom stereocenters. The van der Waals surface area contributed by atoms with Crippen LogP contribution in [0.2, 0.25) is 0 Å². The van der Waals surface area contributed by atoms with E-state index in [9.17, 15) is 23.1 Å². The number of alkyl halides is 3. The third-order valence-electron chi connectivity index (χ3n) is 3.70. The number of hydrogen-bond acceptors (Lipinski definition) is 3. The van der Waals surface area contributed by atoms with Crippen LogP contribution in [0.15, 0.2) is 59.7 Å². The topological polar surface area (TPSA) is 55.1 Å². The van der Waals surface area contributed by atoms with Crippen LogP contribution >= 0.6 is 0 Å². The van der Waals surface area contributed by atoms with E-state index in [1.54, 1.807) is 24.3 Å². The van der Waals surface area contributed by atoms with Gasteiger partial charge in [-0.15, -0.1) is 0 Å². The lowest BCUT2D eigenvalue weighted by atomic mass is 10.1. The SMILES string of the molecule is O=c1c2ccccc2ncn1C[C@H](O)c1cccc(C(F)(F)F)c1. The van der Waals surface area contributed by atoms with Crippen molar-refractivity contribution < 1.29 is 18.3 Å². The minimum Gasteiger partial charge on any atom is -0.387 e. The molecule has 0 fully saturated rings. The fourth-order valence-electron chi connectivity index (χ4n) is 2.45. The van der Waals surface area contributed by atoms with Crippen LogP contribution in [0.25, 0.3) is 10.9 Å². The van der Waals surface area contributed by atoms with Gasteiger partial charge in [-0.1, -0.05) is 24.3 Å². The lowest BCUT2D eigenvalue weighted by Crippen LogP contribution is -2.23. The summed E-state index contributed by atoms with van der Waals surface area (Å²) in [7, 11) is 0. The van der Waals surface area contributed by atoms with Gasteiger partial charge in [-0.05, 0) is 29.8 Å². The predicted octanol–water partition coefficient (Wildman–Crippen LogP) is 3.15. The maximum atomic E-state index is 12.7. The van der Waals surface area contributed by atoms with Gasteiger partial charge in [0.2, 0.25) is 0 Å². The summed E-state index contributed by atoms with van der Waals surface area (Å²) in [5, 5.41) is 10.6. The van der Waals surface area contributed by atoms with E-state index in [1.165, 1.54) is 23.0 Å². The Morgan fingerprint density at radius 2 is 1.88 bits per heavy atom. The normalized spacial score (nSPS) is 13.2. The number of aromatic nitrogens is 2. The fraction of sp³-hybridized carbons (Fsp3) is 0.176. The molecule has 3 aromatic rings. The Morgan fingerprint density at radius 1 is 1.12 bits per heavy atom. The third kappa shape index (κ3) is 3.16. The molecular weight excluding hydrogens is 321 g/mol. The number of benzene rings is 2. The number of fused-ring (bicyclic) bond motifs is 1. The van der Waals surface area contributed by atoms with Crippen LogP contribution in [0.3, 0.4) is 0 Å². The molecule has 0 aliphatic heterocycles. The first-order valence-corrected chi connectivity index (χ1v) is 7.15. The summed E-state index contributed by atoms with van der Waals surface area (Å²) in [4.78, 5) is 16.5. The Bertz CT molecular complexity index is 935. The van der Waals surface area contributed by atoms with Crippen LogP contribution in [0.4, 0.5) is 13.2 Å². The number of rotatable bonds is 3. The first-order chi connectivity index (χ1) is 11.4. The zero-order chi connectivity index (χ0) is 17.3. The molecular formula is C17H13F3N2O2. The fourth-order valence-corrected chi connectivity index (χ4v) is 2.45. The standard InChI is InChI=1S/C17H13F3N2O2/c18-17(19,20)12-5-3-4-11(8-12)15(23)9-22-10-21-14-7-2-1-6-13(14)16(22)24/h1-8,10,15,23H,9H2/t15-/m0/s1. The molecule has 1 aromatic heterocycles. The van der Waals surface area contributed by atoms with E-state index in [4.69, 9.17) is 0 Å². The highest BCUT2D eigenvalue weighted by Crippen LogP contribution is 2.30. The number of halogens is 3. The van der Waals surface area contributed by atoms with Crippen molar-refractivity contribution in [2.24, 2.45) is 0 Å². The minimum absolute atomic E-state index is 0.0879. The lowest BCUT2D eigenvalue weighted by molar-refractivity contribution is -0.137. The Labute approximate surface area is 134 Å². The molecule has 1 N–H and O–H groups in total. The number of para-hydroxylation sites is 1. The van der Waals surface area contributed by atoms with Crippen molar-refractivity contribution >= 4 is 10.9 Å². The van der Waals surface area contributed by atoms with Crippen molar-refractivity contribution in [3.63, 3.8) is 0 Å². The summed E-state index contributed by atoms with van der Waals surface area (Å²) in [6, 6.07) is 11.2. The number of hydrogen-bond donors (Lipinski definition) is 1. The van der Waals surface area contributed by atoms with Gasteiger partial charge in [0, 0.05) is 0 Å². The van der Waals surface area contributed by atoms with Gasteiger partial charge in [-0.3, -0.25) is 9.36 Å². The molecule has 0 saturated carbocycles. The second-order valence-electron chi connectivity index (χ2n) is 5.36. The van der Waals surface area contributed by atoms with Crippen molar-refractivity contribution in [1.82, 2.24) is 9.55 Å². The highest BCUT2D eigenvalue weighted by molar-refractivity contribution is 5.76. The second kappa shape index (κ2) is 6.09. The highest BCUT2D eigenvalue weighted by atomic mass is 19.4. The first-order valence-electron chi connectivity index (χ1n) is 7.15. The average molecular weight is 334 g/mol. The summed E-state index contributed by atoms with van der Waals surface area (Å²) in [5.74, 6) is 0. The maximum absolute atomic E-state index is 12.7. The monoisotopic (exact) mass is 334 g/mol. The largest absolute Gasteiger partial charge is 0.416 e. The van der Waals surface area contributed by atoms with Gasteiger partial charge < -0.3 is 5.11 Å². The average Bonchev–Trinajstić information content (AvgIpc) is 2.57. The summed E-state index contributed by atoms with van der Waals surface area (Å²) >= 11 is 0. The molecule has 0 aliphatic carbocycles. The maximum Gasteiger partial charge on any atom is 0.416 e. The highest BCUT2D eigenvalue weighted by Gasteiger charge is 2.30. The molecule has 4 nitrogen and oxygen atoms in total. The van der Waals surface area contributed by atoms with Gasteiger partial charge in [-0.25, -0.2) is 4.98 Å². The Kier molecular flexibility index (Phi) is 4.11. The van der Waals surface area contributed by atoms with Gasteiger partial charge in [0.15, 0.2) is 0 Å². The van der Waals surface area contributed by atoms with Crippen LogP contribution in [0.5, 0.6) is 0 Å². The summed E-state index contributed by atoms with van der Waals surface area (Å²) < 4.78 is 39.4. The summed E-state index contributed by atoms with van der Waals surface area (Å²) in [6.45, 7) is -0.183. The molecule has 7 heteroatoms. The van der Waals surface area contributed by atoms with Crippen LogP contribution in [-0.4, -0.2) is 14.7 Å². The third-order valence-corrected chi connectivity index (χ3v) is 3.70. The van der Waals surface area contributed by atoms with E-state index in [0.717, 1.165) is 12.1 Å². The predicted molar refractivity (Wildman–Crippen MR) is 82.4 cm³/mol. The van der Waals surface area contributed by atoms with Crippen molar-refractivity contribution in [2.75, 3.05) is 0 Å². The molecule has 0 bridgehead atoms. The molecule has 124 valence electrons. The summed E-state index contributed by atoms with van der Waals surface area (Å²) in [5.41, 5.74) is -0.591. The molecule has 1 atom stereocenters. The van der Waals surface area contributed by atoms with Crippen molar-refractivity contribution in [1.29, 1.82) is 0 Å². The molecule has 0 amide bonds. The Hall–Kier alpha value is -2.67. The van der Waals surface area contributed by atoms with Crippen LogP contribution in [-0.2, 0) is 12.7 Å². The molecule has 0 spiro atoms. The molecule has 3 rings (SSSR count). The number of aliphatic hydroxyl groups excluding tert-OH is 1. The molecule has 2 aromatic carbocycles. The number of nitrogens with zero attached hydrogens (tertiary/aromatic N) is 2. The molecule has 1 heterocycles. The second-order valence-corrected chi connectivity index (χ2v) is 5.36.